The molecule has 0 unspecified atom stereocenters. The quantitative estimate of drug-likeness (QED) is 0.258. The van der Waals surface area contributed by atoms with Gasteiger partial charge >= 0.3 is 0 Å². The Balaban J connectivity index is 2.90. The highest BCUT2D eigenvalue weighted by Gasteiger charge is 1.94. The maximum Gasteiger partial charge on any atom is 0.158 e. The molecule has 0 atom stereocenters. The molecule has 0 aromatic rings. The molecule has 0 aliphatic heterocycles. The van der Waals surface area contributed by atoms with E-state index < -0.39 is 0 Å². The molecule has 0 aliphatic rings. The van der Waals surface area contributed by atoms with Crippen molar-refractivity contribution in [3.05, 3.63) is 0 Å². The molecule has 0 aromatic carbocycles. The Morgan fingerprint density at radius 2 is 0.810 bits per heavy atom. The van der Waals surface area contributed by atoms with Gasteiger partial charge in [-0.05, 0) is 0 Å². The summed E-state index contributed by atoms with van der Waals surface area (Å²) in [4.78, 5) is 0. The molecule has 0 amide bonds. The van der Waals surface area contributed by atoms with Crippen LogP contribution in [0.25, 0.3) is 0 Å². The number of hydrogen-bond donors (Lipinski definition) is 2. The average Bonchev–Trinajstić information content (AvgIpc) is 2.50. The molecule has 21 heavy (non-hydrogen) atoms. The Morgan fingerprint density at radius 1 is 0.476 bits per heavy atom. The highest BCUT2D eigenvalue weighted by Crippen LogP contribution is 2.03. The molecule has 2 N–H and O–H groups in total. The lowest BCUT2D eigenvalue weighted by Gasteiger charge is -2.06. The molecule has 0 aromatic heterocycles. The van der Waals surface area contributed by atoms with E-state index in [0.717, 1.165) is 12.3 Å². The second-order valence-electron chi connectivity index (χ2n) is 3.61. The van der Waals surface area contributed by atoms with Gasteiger partial charge in [-0.2, -0.15) is 0 Å². The lowest BCUT2D eigenvalue weighted by Crippen LogP contribution is -2.10. The molecule has 0 saturated heterocycles. The normalized spacial score (nSPS) is 11.1. The van der Waals surface area contributed by atoms with Crippen LogP contribution in [-0.4, -0.2) is 89.5 Å². The molecule has 0 radical (unpaired) electrons. The first-order valence-corrected chi connectivity index (χ1v) is 7.52. The molecular weight excluding hydrogens is 304 g/mol. The first kappa shape index (κ1) is 21.0. The Kier molecular flexibility index (Phi) is 20.1. The minimum Gasteiger partial charge on any atom is -0.394 e. The molecular formula is C12H26O8S. The van der Waals surface area contributed by atoms with E-state index in [-0.39, 0.29) is 13.2 Å². The highest BCUT2D eigenvalue weighted by molar-refractivity contribution is 7.89. The molecule has 0 rings (SSSR count). The van der Waals surface area contributed by atoms with Crippen LogP contribution >= 0.6 is 12.3 Å². The second kappa shape index (κ2) is 20.0. The van der Waals surface area contributed by atoms with Crippen LogP contribution < -0.4 is 0 Å². The van der Waals surface area contributed by atoms with Crippen LogP contribution in [0.15, 0.2) is 0 Å². The summed E-state index contributed by atoms with van der Waals surface area (Å²) in [5, 5.41) is 16.9. The van der Waals surface area contributed by atoms with E-state index in [0.29, 0.717) is 66.1 Å². The van der Waals surface area contributed by atoms with Crippen molar-refractivity contribution in [2.75, 3.05) is 79.3 Å². The smallest absolute Gasteiger partial charge is 0.158 e. The lowest BCUT2D eigenvalue weighted by molar-refractivity contribution is 0.0221. The largest absolute Gasteiger partial charge is 0.394 e. The minimum absolute atomic E-state index is 0.0243. The van der Waals surface area contributed by atoms with Gasteiger partial charge in [-0.1, -0.05) is 0 Å². The van der Waals surface area contributed by atoms with Crippen LogP contribution in [-0.2, 0) is 27.3 Å². The van der Waals surface area contributed by atoms with Crippen LogP contribution in [0, 0.1) is 0 Å². The van der Waals surface area contributed by atoms with Crippen molar-refractivity contribution in [1.82, 2.24) is 0 Å². The monoisotopic (exact) mass is 330 g/mol. The third kappa shape index (κ3) is 20.0. The van der Waals surface area contributed by atoms with E-state index >= 15 is 0 Å². The molecule has 0 fully saturated rings. The predicted molar refractivity (Wildman–Crippen MR) is 76.9 cm³/mol. The van der Waals surface area contributed by atoms with E-state index in [4.69, 9.17) is 37.5 Å². The average molecular weight is 330 g/mol. The van der Waals surface area contributed by atoms with Gasteiger partial charge in [-0.25, -0.2) is 0 Å². The fourth-order valence-electron chi connectivity index (χ4n) is 1.06. The zero-order valence-electron chi connectivity index (χ0n) is 12.2. The van der Waals surface area contributed by atoms with Crippen molar-refractivity contribution < 1.29 is 37.5 Å². The first-order chi connectivity index (χ1) is 10.4. The summed E-state index contributed by atoms with van der Waals surface area (Å²) >= 11 is 0.908. The van der Waals surface area contributed by atoms with E-state index in [1.165, 1.54) is 0 Å². The number of hydrogen-bond acceptors (Lipinski definition) is 9. The maximum atomic E-state index is 8.47. The number of aliphatic hydroxyl groups excluding tert-OH is 2. The predicted octanol–water partition coefficient (Wildman–Crippen LogP) is -0.366. The van der Waals surface area contributed by atoms with E-state index in [9.17, 15) is 0 Å². The fourth-order valence-corrected chi connectivity index (χ4v) is 1.40. The summed E-state index contributed by atoms with van der Waals surface area (Å²) in [5.74, 6) is 0. The molecule has 0 bridgehead atoms. The Bertz CT molecular complexity index is 169. The zero-order valence-corrected chi connectivity index (χ0v) is 13.1. The fraction of sp³-hybridized carbons (Fsp3) is 1.00. The van der Waals surface area contributed by atoms with Gasteiger partial charge in [0, 0.05) is 0 Å². The molecule has 8 nitrogen and oxygen atoms in total. The Labute approximate surface area is 130 Å². The van der Waals surface area contributed by atoms with Gasteiger partial charge in [-0.3, -0.25) is 8.37 Å². The van der Waals surface area contributed by atoms with Gasteiger partial charge in [0.25, 0.3) is 0 Å². The standard InChI is InChI=1S/C12H26O8S/c13-1-3-15-5-7-17-9-11-19-21-20-12-10-18-8-6-16-4-2-14/h13-14H,1-12H2. The topological polar surface area (TPSA) is 95.8 Å². The van der Waals surface area contributed by atoms with Crippen LogP contribution in [0.3, 0.4) is 0 Å². The summed E-state index contributed by atoms with van der Waals surface area (Å²) < 4.78 is 30.7. The Hall–Kier alpha value is 0.0300. The van der Waals surface area contributed by atoms with E-state index in [2.05, 4.69) is 0 Å². The zero-order chi connectivity index (χ0) is 15.4. The van der Waals surface area contributed by atoms with Crippen LogP contribution in [0.5, 0.6) is 0 Å². The molecule has 0 spiro atoms. The SMILES string of the molecule is OCCOCCOCCOSOCCOCCOCCO. The summed E-state index contributed by atoms with van der Waals surface area (Å²) in [5.41, 5.74) is 0. The molecule has 9 heteroatoms. The molecule has 0 saturated carbocycles. The maximum absolute atomic E-state index is 8.47. The third-order valence-corrected chi connectivity index (χ3v) is 2.46. The van der Waals surface area contributed by atoms with Gasteiger partial charge in [0.1, 0.15) is 0 Å². The van der Waals surface area contributed by atoms with Crippen molar-refractivity contribution in [2.24, 2.45) is 0 Å². The van der Waals surface area contributed by atoms with Crippen molar-refractivity contribution >= 4 is 12.3 Å². The molecule has 0 heterocycles. The van der Waals surface area contributed by atoms with Gasteiger partial charge in [0.15, 0.2) is 12.3 Å². The first-order valence-electron chi connectivity index (χ1n) is 6.85. The lowest BCUT2D eigenvalue weighted by atomic mass is 10.7. The number of ether oxygens (including phenoxy) is 4. The summed E-state index contributed by atoms with van der Waals surface area (Å²) in [6.07, 6.45) is 0. The summed E-state index contributed by atoms with van der Waals surface area (Å²) in [6, 6.07) is 0. The van der Waals surface area contributed by atoms with E-state index in [1.54, 1.807) is 0 Å². The summed E-state index contributed by atoms with van der Waals surface area (Å²) in [6.45, 7) is 4.33. The van der Waals surface area contributed by atoms with Crippen LogP contribution in [0.1, 0.15) is 0 Å². The van der Waals surface area contributed by atoms with Crippen molar-refractivity contribution in [2.45, 2.75) is 0 Å². The van der Waals surface area contributed by atoms with Gasteiger partial charge in [0.05, 0.1) is 79.3 Å². The highest BCUT2D eigenvalue weighted by atomic mass is 32.2. The molecule has 0 aliphatic carbocycles. The number of rotatable bonds is 18. The van der Waals surface area contributed by atoms with Gasteiger partial charge in [-0.15, -0.1) is 0 Å². The summed E-state index contributed by atoms with van der Waals surface area (Å²) in [7, 11) is 0. The van der Waals surface area contributed by atoms with Gasteiger partial charge in [0.2, 0.25) is 0 Å². The van der Waals surface area contributed by atoms with Crippen molar-refractivity contribution in [3.8, 4) is 0 Å². The van der Waals surface area contributed by atoms with Crippen molar-refractivity contribution in [3.63, 3.8) is 0 Å². The van der Waals surface area contributed by atoms with Gasteiger partial charge < -0.3 is 29.2 Å². The third-order valence-electron chi connectivity index (χ3n) is 1.93. The second-order valence-corrected chi connectivity index (χ2v) is 4.22. The number of aliphatic hydroxyl groups is 2. The molecule has 128 valence electrons. The van der Waals surface area contributed by atoms with Crippen LogP contribution in [0.2, 0.25) is 0 Å². The van der Waals surface area contributed by atoms with E-state index in [1.807, 2.05) is 0 Å². The Morgan fingerprint density at radius 3 is 1.19 bits per heavy atom. The minimum atomic E-state index is 0.0243. The van der Waals surface area contributed by atoms with Crippen LogP contribution in [0.4, 0.5) is 0 Å². The van der Waals surface area contributed by atoms with Crippen molar-refractivity contribution in [1.29, 1.82) is 0 Å².